The Bertz CT molecular complexity index is 911. The van der Waals surface area contributed by atoms with Crippen molar-refractivity contribution in [2.24, 2.45) is 5.92 Å². The first kappa shape index (κ1) is 19.3. The molecule has 2 aromatic heterocycles. The maximum Gasteiger partial charge on any atom is 0.413 e. The fourth-order valence-electron chi connectivity index (χ4n) is 3.84. The van der Waals surface area contributed by atoms with Gasteiger partial charge in [-0.25, -0.2) is 9.78 Å². The van der Waals surface area contributed by atoms with E-state index in [1.807, 2.05) is 12.1 Å². The molecule has 2 aromatic rings. The summed E-state index contributed by atoms with van der Waals surface area (Å²) in [5.41, 5.74) is 3.62. The van der Waals surface area contributed by atoms with Gasteiger partial charge in [-0.2, -0.15) is 0 Å². The van der Waals surface area contributed by atoms with Gasteiger partial charge in [0.2, 0.25) is 5.91 Å². The average molecular weight is 396 g/mol. The maximum atomic E-state index is 12.3. The van der Waals surface area contributed by atoms with Gasteiger partial charge in [0.15, 0.2) is 0 Å². The number of rotatable bonds is 4. The number of nitrogens with zero attached hydrogens (tertiary/aromatic N) is 3. The molecule has 0 bridgehead atoms. The molecular weight excluding hydrogens is 372 g/mol. The van der Waals surface area contributed by atoms with Crippen molar-refractivity contribution in [1.29, 1.82) is 0 Å². The number of aryl methyl sites for hydroxylation is 1. The molecule has 4 heterocycles. The molecule has 0 spiro atoms. The molecule has 0 aliphatic carbocycles. The van der Waals surface area contributed by atoms with Gasteiger partial charge in [-0.15, -0.1) is 0 Å². The monoisotopic (exact) mass is 396 g/mol. The number of aromatic nitrogens is 2. The second kappa shape index (κ2) is 8.57. The van der Waals surface area contributed by atoms with Crippen molar-refractivity contribution in [2.45, 2.75) is 32.2 Å². The van der Waals surface area contributed by atoms with E-state index in [1.165, 1.54) is 4.90 Å². The Hall–Kier alpha value is -3.00. The summed E-state index contributed by atoms with van der Waals surface area (Å²) in [6.45, 7) is 2.17. The fourth-order valence-corrected chi connectivity index (χ4v) is 3.84. The van der Waals surface area contributed by atoms with Gasteiger partial charge in [0.25, 0.3) is 0 Å². The van der Waals surface area contributed by atoms with E-state index in [0.717, 1.165) is 47.9 Å². The highest BCUT2D eigenvalue weighted by Gasteiger charge is 2.24. The van der Waals surface area contributed by atoms with Crippen LogP contribution in [0.15, 0.2) is 30.7 Å². The third kappa shape index (κ3) is 4.37. The highest BCUT2D eigenvalue weighted by atomic mass is 16.5. The van der Waals surface area contributed by atoms with E-state index in [-0.39, 0.29) is 11.8 Å². The summed E-state index contributed by atoms with van der Waals surface area (Å²) >= 11 is 0. The van der Waals surface area contributed by atoms with Crippen LogP contribution in [-0.2, 0) is 22.5 Å². The Labute approximate surface area is 168 Å². The Morgan fingerprint density at radius 1 is 1.17 bits per heavy atom. The van der Waals surface area contributed by atoms with Crippen molar-refractivity contribution in [1.82, 2.24) is 15.3 Å². The number of amides is 2. The minimum absolute atomic E-state index is 0.0157. The van der Waals surface area contributed by atoms with Gasteiger partial charge in [0, 0.05) is 61.9 Å². The zero-order valence-electron chi connectivity index (χ0n) is 16.1. The predicted molar refractivity (Wildman–Crippen MR) is 107 cm³/mol. The van der Waals surface area contributed by atoms with Crippen LogP contribution in [0.5, 0.6) is 0 Å². The van der Waals surface area contributed by atoms with E-state index in [1.54, 1.807) is 18.6 Å². The highest BCUT2D eigenvalue weighted by molar-refractivity contribution is 5.86. The molecule has 2 N–H and O–H groups in total. The minimum atomic E-state index is -0.977. The topological polar surface area (TPSA) is 105 Å². The standard InChI is InChI=1S/C21H24N4O4/c26-20(15-3-6-29-7-4-15)24-11-14-8-17(12-22-10-14)18-9-16-2-1-5-25(21(27)28)19(16)23-13-18/h8-10,12-13,15H,1-7,11H2,(H,24,26)(H,27,28). The van der Waals surface area contributed by atoms with Gasteiger partial charge in [0.05, 0.1) is 0 Å². The normalized spacial score (nSPS) is 16.9. The second-order valence-corrected chi connectivity index (χ2v) is 7.43. The minimum Gasteiger partial charge on any atom is -0.465 e. The first-order valence-corrected chi connectivity index (χ1v) is 9.91. The summed E-state index contributed by atoms with van der Waals surface area (Å²) in [5, 5.41) is 12.3. The van der Waals surface area contributed by atoms with E-state index in [9.17, 15) is 14.7 Å². The number of hydrogen-bond donors (Lipinski definition) is 2. The average Bonchev–Trinajstić information content (AvgIpc) is 2.77. The lowest BCUT2D eigenvalue weighted by molar-refractivity contribution is -0.128. The third-order valence-electron chi connectivity index (χ3n) is 5.44. The van der Waals surface area contributed by atoms with E-state index in [2.05, 4.69) is 15.3 Å². The van der Waals surface area contributed by atoms with E-state index < -0.39 is 6.09 Å². The molecule has 152 valence electrons. The molecule has 8 heteroatoms. The Balaban J connectivity index is 1.47. The van der Waals surface area contributed by atoms with Gasteiger partial charge >= 0.3 is 6.09 Å². The van der Waals surface area contributed by atoms with Crippen LogP contribution in [0.4, 0.5) is 10.6 Å². The molecule has 8 nitrogen and oxygen atoms in total. The van der Waals surface area contributed by atoms with E-state index in [4.69, 9.17) is 4.74 Å². The van der Waals surface area contributed by atoms with Crippen molar-refractivity contribution in [2.75, 3.05) is 24.7 Å². The number of hydrogen-bond acceptors (Lipinski definition) is 5. The van der Waals surface area contributed by atoms with E-state index in [0.29, 0.717) is 32.1 Å². The number of carbonyl (C=O) groups excluding carboxylic acids is 1. The van der Waals surface area contributed by atoms with Crippen LogP contribution in [-0.4, -0.2) is 46.8 Å². The van der Waals surface area contributed by atoms with Gasteiger partial charge < -0.3 is 15.2 Å². The van der Waals surface area contributed by atoms with Crippen LogP contribution in [0.3, 0.4) is 0 Å². The SMILES string of the molecule is O=C(NCc1cncc(-c2cnc3c(c2)CCCN3C(=O)O)c1)C1CCOCC1. The first-order chi connectivity index (χ1) is 14.1. The second-order valence-electron chi connectivity index (χ2n) is 7.43. The van der Waals surface area contributed by atoms with Crippen LogP contribution < -0.4 is 10.2 Å². The summed E-state index contributed by atoms with van der Waals surface area (Å²) in [6, 6.07) is 3.97. The molecule has 29 heavy (non-hydrogen) atoms. The summed E-state index contributed by atoms with van der Waals surface area (Å²) in [5.74, 6) is 0.588. The number of nitrogens with one attached hydrogen (secondary N) is 1. The van der Waals surface area contributed by atoms with Gasteiger partial charge in [0.1, 0.15) is 5.82 Å². The van der Waals surface area contributed by atoms with Crippen molar-refractivity contribution < 1.29 is 19.4 Å². The highest BCUT2D eigenvalue weighted by Crippen LogP contribution is 2.29. The molecule has 0 radical (unpaired) electrons. The number of carboxylic acid groups (broad SMARTS) is 1. The number of carbonyl (C=O) groups is 2. The largest absolute Gasteiger partial charge is 0.465 e. The summed E-state index contributed by atoms with van der Waals surface area (Å²) < 4.78 is 5.31. The lowest BCUT2D eigenvalue weighted by atomic mass is 9.99. The van der Waals surface area contributed by atoms with Crippen LogP contribution in [0.1, 0.15) is 30.4 Å². The third-order valence-corrected chi connectivity index (χ3v) is 5.44. The molecule has 0 atom stereocenters. The predicted octanol–water partition coefficient (Wildman–Crippen LogP) is 2.62. The molecule has 1 fully saturated rings. The zero-order chi connectivity index (χ0) is 20.2. The summed E-state index contributed by atoms with van der Waals surface area (Å²) in [6.07, 6.45) is 7.31. The molecule has 4 rings (SSSR count). The molecular formula is C21H24N4O4. The van der Waals surface area contributed by atoms with Gasteiger partial charge in [-0.1, -0.05) is 0 Å². The summed E-state index contributed by atoms with van der Waals surface area (Å²) in [7, 11) is 0. The molecule has 2 aliphatic heterocycles. The van der Waals surface area contributed by atoms with Crippen molar-refractivity contribution in [3.63, 3.8) is 0 Å². The number of ether oxygens (including phenoxy) is 1. The van der Waals surface area contributed by atoms with Crippen molar-refractivity contribution in [3.05, 3.63) is 41.9 Å². The van der Waals surface area contributed by atoms with E-state index >= 15 is 0 Å². The number of pyridine rings is 2. The number of anilines is 1. The lowest BCUT2D eigenvalue weighted by Crippen LogP contribution is -2.34. The maximum absolute atomic E-state index is 12.3. The molecule has 0 unspecified atom stereocenters. The smallest absolute Gasteiger partial charge is 0.413 e. The zero-order valence-corrected chi connectivity index (χ0v) is 16.1. The molecule has 2 aliphatic rings. The van der Waals surface area contributed by atoms with Gasteiger partial charge in [-0.3, -0.25) is 14.7 Å². The lowest BCUT2D eigenvalue weighted by Gasteiger charge is -2.26. The van der Waals surface area contributed by atoms with Crippen LogP contribution >= 0.6 is 0 Å². The first-order valence-electron chi connectivity index (χ1n) is 9.91. The molecule has 2 amide bonds. The quantitative estimate of drug-likeness (QED) is 0.823. The Kier molecular flexibility index (Phi) is 5.71. The summed E-state index contributed by atoms with van der Waals surface area (Å²) in [4.78, 5) is 33.7. The van der Waals surface area contributed by atoms with Crippen LogP contribution in [0, 0.1) is 5.92 Å². The molecule has 1 saturated heterocycles. The molecule has 0 saturated carbocycles. The van der Waals surface area contributed by atoms with Crippen LogP contribution in [0.25, 0.3) is 11.1 Å². The van der Waals surface area contributed by atoms with Crippen molar-refractivity contribution >= 4 is 17.8 Å². The Morgan fingerprint density at radius 3 is 2.76 bits per heavy atom. The van der Waals surface area contributed by atoms with Gasteiger partial charge in [-0.05, 0) is 48.9 Å². The number of fused-ring (bicyclic) bond motifs is 1. The molecule has 0 aromatic carbocycles. The fraction of sp³-hybridized carbons (Fsp3) is 0.429. The van der Waals surface area contributed by atoms with Crippen molar-refractivity contribution in [3.8, 4) is 11.1 Å². The van der Waals surface area contributed by atoms with Crippen LogP contribution in [0.2, 0.25) is 0 Å². The Morgan fingerprint density at radius 2 is 1.97 bits per heavy atom.